The molecule has 1 heterocycles. The van der Waals surface area contributed by atoms with Gasteiger partial charge in [0.2, 0.25) is 5.91 Å². The van der Waals surface area contributed by atoms with Crippen molar-refractivity contribution in [1.29, 1.82) is 0 Å². The van der Waals surface area contributed by atoms with E-state index in [9.17, 15) is 4.79 Å². The van der Waals surface area contributed by atoms with E-state index in [-0.39, 0.29) is 12.3 Å². The van der Waals surface area contributed by atoms with Gasteiger partial charge in [-0.15, -0.1) is 0 Å². The van der Waals surface area contributed by atoms with Crippen LogP contribution in [-0.4, -0.2) is 22.4 Å². The van der Waals surface area contributed by atoms with Gasteiger partial charge in [-0.1, -0.05) is 29.3 Å². The molecule has 1 aromatic carbocycles. The van der Waals surface area contributed by atoms with Gasteiger partial charge < -0.3 is 10.3 Å². The second-order valence-corrected chi connectivity index (χ2v) is 5.18. The number of halogens is 2. The molecule has 0 fully saturated rings. The van der Waals surface area contributed by atoms with Crippen molar-refractivity contribution >= 4 is 29.1 Å². The minimum atomic E-state index is -0.0838. The normalized spacial score (nSPS) is 10.5. The number of carbonyl (C=O) groups excluding carboxylic acids is 1. The molecule has 1 amide bonds. The molecule has 20 heavy (non-hydrogen) atoms. The number of imidazole rings is 1. The van der Waals surface area contributed by atoms with E-state index in [0.29, 0.717) is 22.2 Å². The summed E-state index contributed by atoms with van der Waals surface area (Å²) < 4.78 is 0. The number of nitrogens with zero attached hydrogens (tertiary/aromatic N) is 1. The maximum atomic E-state index is 11.8. The highest BCUT2D eigenvalue weighted by Crippen LogP contribution is 2.24. The average Bonchev–Trinajstić information content (AvgIpc) is 2.92. The first-order chi connectivity index (χ1) is 9.66. The third-order valence-corrected chi connectivity index (χ3v) is 3.57. The summed E-state index contributed by atoms with van der Waals surface area (Å²) in [7, 11) is 0. The van der Waals surface area contributed by atoms with Gasteiger partial charge in [0.05, 0.1) is 6.42 Å². The number of aromatic nitrogens is 2. The zero-order chi connectivity index (χ0) is 14.4. The number of benzene rings is 1. The van der Waals surface area contributed by atoms with E-state index in [4.69, 9.17) is 23.2 Å². The molecule has 2 N–H and O–H groups in total. The highest BCUT2D eigenvalue weighted by Gasteiger charge is 2.10. The first kappa shape index (κ1) is 14.9. The molecule has 0 aliphatic carbocycles. The van der Waals surface area contributed by atoms with Crippen LogP contribution in [0.4, 0.5) is 0 Å². The number of aromatic amines is 1. The molecule has 0 saturated heterocycles. The van der Waals surface area contributed by atoms with Gasteiger partial charge in [-0.2, -0.15) is 0 Å². The predicted octanol–water partition coefficient (Wildman–Crippen LogP) is 3.01. The van der Waals surface area contributed by atoms with Gasteiger partial charge in [0, 0.05) is 35.4 Å². The molecular formula is C14H15Cl2N3O. The fourth-order valence-electron chi connectivity index (χ4n) is 1.84. The van der Waals surface area contributed by atoms with E-state index in [2.05, 4.69) is 15.3 Å². The highest BCUT2D eigenvalue weighted by atomic mass is 35.5. The van der Waals surface area contributed by atoms with Gasteiger partial charge in [0.1, 0.15) is 5.82 Å². The Morgan fingerprint density at radius 3 is 2.70 bits per heavy atom. The van der Waals surface area contributed by atoms with Crippen molar-refractivity contribution < 1.29 is 4.79 Å². The molecule has 0 atom stereocenters. The molecule has 0 bridgehead atoms. The largest absolute Gasteiger partial charge is 0.356 e. The molecule has 106 valence electrons. The molecule has 0 radical (unpaired) electrons. The second kappa shape index (κ2) is 7.31. The summed E-state index contributed by atoms with van der Waals surface area (Å²) >= 11 is 12.1. The molecule has 0 aliphatic heterocycles. The molecule has 4 nitrogen and oxygen atoms in total. The van der Waals surface area contributed by atoms with Crippen molar-refractivity contribution in [1.82, 2.24) is 15.3 Å². The van der Waals surface area contributed by atoms with Gasteiger partial charge >= 0.3 is 0 Å². The smallest absolute Gasteiger partial charge is 0.224 e. The van der Waals surface area contributed by atoms with E-state index in [1.54, 1.807) is 30.6 Å². The number of aryl methyl sites for hydroxylation is 1. The highest BCUT2D eigenvalue weighted by molar-refractivity contribution is 6.36. The van der Waals surface area contributed by atoms with Crippen LogP contribution < -0.4 is 5.32 Å². The summed E-state index contributed by atoms with van der Waals surface area (Å²) in [4.78, 5) is 19.0. The SMILES string of the molecule is O=C(Cc1c(Cl)cccc1Cl)NCCCc1ncc[nH]1. The van der Waals surface area contributed by atoms with E-state index in [1.807, 2.05) is 0 Å². The third kappa shape index (κ3) is 4.25. The number of hydrogen-bond donors (Lipinski definition) is 2. The van der Waals surface area contributed by atoms with Crippen LogP contribution in [0.5, 0.6) is 0 Å². The quantitative estimate of drug-likeness (QED) is 0.806. The van der Waals surface area contributed by atoms with Crippen molar-refractivity contribution in [2.45, 2.75) is 19.3 Å². The van der Waals surface area contributed by atoms with Gasteiger partial charge in [0.15, 0.2) is 0 Å². The van der Waals surface area contributed by atoms with Gasteiger partial charge in [0.25, 0.3) is 0 Å². The molecule has 0 spiro atoms. The van der Waals surface area contributed by atoms with Crippen LogP contribution in [0.15, 0.2) is 30.6 Å². The van der Waals surface area contributed by atoms with E-state index >= 15 is 0 Å². The topological polar surface area (TPSA) is 57.8 Å². The predicted molar refractivity (Wildman–Crippen MR) is 80.1 cm³/mol. The van der Waals surface area contributed by atoms with Crippen LogP contribution in [-0.2, 0) is 17.6 Å². The summed E-state index contributed by atoms with van der Waals surface area (Å²) in [5.74, 6) is 0.841. The van der Waals surface area contributed by atoms with Gasteiger partial charge in [-0.25, -0.2) is 4.98 Å². The molecule has 0 unspecified atom stereocenters. The lowest BCUT2D eigenvalue weighted by Crippen LogP contribution is -2.26. The number of rotatable bonds is 6. The fraction of sp³-hybridized carbons (Fsp3) is 0.286. The number of nitrogens with one attached hydrogen (secondary N) is 2. The lowest BCUT2D eigenvalue weighted by atomic mass is 10.1. The molecule has 6 heteroatoms. The Bertz CT molecular complexity index is 550. The van der Waals surface area contributed by atoms with Crippen LogP contribution in [0.3, 0.4) is 0 Å². The average molecular weight is 312 g/mol. The van der Waals surface area contributed by atoms with Crippen molar-refractivity contribution in [3.05, 3.63) is 52.0 Å². The first-order valence-electron chi connectivity index (χ1n) is 6.34. The number of H-pyrrole nitrogens is 1. The van der Waals surface area contributed by atoms with Crippen molar-refractivity contribution in [3.8, 4) is 0 Å². The van der Waals surface area contributed by atoms with Crippen molar-refractivity contribution in [2.75, 3.05) is 6.54 Å². The van der Waals surface area contributed by atoms with Gasteiger partial charge in [-0.3, -0.25) is 4.79 Å². The molecule has 1 aromatic heterocycles. The minimum absolute atomic E-state index is 0.0838. The summed E-state index contributed by atoms with van der Waals surface area (Å²) in [6.45, 7) is 0.599. The van der Waals surface area contributed by atoms with Crippen LogP contribution in [0.1, 0.15) is 17.8 Å². The van der Waals surface area contributed by atoms with Crippen molar-refractivity contribution in [3.63, 3.8) is 0 Å². The Morgan fingerprint density at radius 1 is 1.30 bits per heavy atom. The lowest BCUT2D eigenvalue weighted by Gasteiger charge is -2.07. The minimum Gasteiger partial charge on any atom is -0.356 e. The molecular weight excluding hydrogens is 297 g/mol. The Kier molecular flexibility index (Phi) is 5.44. The van der Waals surface area contributed by atoms with Crippen LogP contribution in [0, 0.1) is 0 Å². The first-order valence-corrected chi connectivity index (χ1v) is 7.10. The Morgan fingerprint density at radius 2 is 2.05 bits per heavy atom. The van der Waals surface area contributed by atoms with Crippen LogP contribution in [0.2, 0.25) is 10.0 Å². The van der Waals surface area contributed by atoms with E-state index < -0.39 is 0 Å². The molecule has 2 rings (SSSR count). The van der Waals surface area contributed by atoms with Crippen molar-refractivity contribution in [2.24, 2.45) is 0 Å². The van der Waals surface area contributed by atoms with Crippen LogP contribution in [0.25, 0.3) is 0 Å². The summed E-state index contributed by atoms with van der Waals surface area (Å²) in [6, 6.07) is 5.22. The van der Waals surface area contributed by atoms with Gasteiger partial charge in [-0.05, 0) is 24.1 Å². The third-order valence-electron chi connectivity index (χ3n) is 2.87. The summed E-state index contributed by atoms with van der Waals surface area (Å²) in [6.07, 6.45) is 5.33. The number of hydrogen-bond acceptors (Lipinski definition) is 2. The molecule has 0 aliphatic rings. The maximum Gasteiger partial charge on any atom is 0.224 e. The standard InChI is InChI=1S/C14H15Cl2N3O/c15-11-3-1-4-12(16)10(11)9-14(20)19-6-2-5-13-17-7-8-18-13/h1,3-4,7-8H,2,5-6,9H2,(H,17,18)(H,19,20). The Balaban J connectivity index is 1.75. The number of amides is 1. The zero-order valence-corrected chi connectivity index (χ0v) is 12.3. The second-order valence-electron chi connectivity index (χ2n) is 4.37. The summed E-state index contributed by atoms with van der Waals surface area (Å²) in [5, 5.41) is 3.88. The monoisotopic (exact) mass is 311 g/mol. The van der Waals surface area contributed by atoms with Crippen LogP contribution >= 0.6 is 23.2 Å². The lowest BCUT2D eigenvalue weighted by molar-refractivity contribution is -0.120. The van der Waals surface area contributed by atoms with E-state index in [1.165, 1.54) is 0 Å². The zero-order valence-electron chi connectivity index (χ0n) is 10.8. The Labute approximate surface area is 127 Å². The summed E-state index contributed by atoms with van der Waals surface area (Å²) in [5.41, 5.74) is 0.666. The Hall–Kier alpha value is -1.52. The number of carbonyl (C=O) groups is 1. The maximum absolute atomic E-state index is 11.8. The van der Waals surface area contributed by atoms with E-state index in [0.717, 1.165) is 18.7 Å². The molecule has 0 saturated carbocycles. The fourth-order valence-corrected chi connectivity index (χ4v) is 2.37. The molecule has 2 aromatic rings.